The zero-order valence-corrected chi connectivity index (χ0v) is 15.7. The van der Waals surface area contributed by atoms with Gasteiger partial charge in [0.2, 0.25) is 0 Å². The van der Waals surface area contributed by atoms with Crippen molar-refractivity contribution in [3.05, 3.63) is 76.4 Å². The third-order valence-electron chi connectivity index (χ3n) is 4.52. The summed E-state index contributed by atoms with van der Waals surface area (Å²) in [6, 6.07) is 15.6. The van der Waals surface area contributed by atoms with Gasteiger partial charge in [0.1, 0.15) is 16.7 Å². The average molecular weight is 372 g/mol. The molecule has 3 aromatic heterocycles. The highest BCUT2D eigenvalue weighted by Crippen LogP contribution is 2.32. The number of amides is 1. The standard InChI is InChI=1S/C21H16N4OS/c1-13-14(2)27-21(17(13)11-22)24-20(26)16-8-9-25-12-18(23-19(25)10-16)15-6-4-3-5-7-15/h3-10,12H,1-2H3,(H,24,26). The van der Waals surface area contributed by atoms with Crippen molar-refractivity contribution in [2.24, 2.45) is 0 Å². The van der Waals surface area contributed by atoms with Gasteiger partial charge in [0.15, 0.2) is 0 Å². The number of anilines is 1. The number of pyridine rings is 1. The molecule has 4 aromatic rings. The number of aryl methyl sites for hydroxylation is 1. The Labute approximate surface area is 160 Å². The highest BCUT2D eigenvalue weighted by molar-refractivity contribution is 7.16. The fourth-order valence-corrected chi connectivity index (χ4v) is 3.90. The van der Waals surface area contributed by atoms with Crippen LogP contribution in [-0.2, 0) is 0 Å². The largest absolute Gasteiger partial charge is 0.312 e. The van der Waals surface area contributed by atoms with E-state index in [1.54, 1.807) is 12.1 Å². The molecule has 0 bridgehead atoms. The second kappa shape index (κ2) is 6.71. The van der Waals surface area contributed by atoms with Crippen molar-refractivity contribution in [2.75, 3.05) is 5.32 Å². The van der Waals surface area contributed by atoms with Gasteiger partial charge in [-0.3, -0.25) is 4.79 Å². The van der Waals surface area contributed by atoms with Gasteiger partial charge in [-0.25, -0.2) is 4.98 Å². The lowest BCUT2D eigenvalue weighted by atomic mass is 10.2. The van der Waals surface area contributed by atoms with Crippen molar-refractivity contribution in [2.45, 2.75) is 13.8 Å². The molecule has 1 N–H and O–H groups in total. The van der Waals surface area contributed by atoms with Crippen molar-refractivity contribution in [3.8, 4) is 17.3 Å². The van der Waals surface area contributed by atoms with Gasteiger partial charge < -0.3 is 9.72 Å². The number of imidazole rings is 1. The molecule has 0 radical (unpaired) electrons. The van der Waals surface area contributed by atoms with Crippen LogP contribution in [0.25, 0.3) is 16.9 Å². The molecule has 1 amide bonds. The normalized spacial score (nSPS) is 10.7. The van der Waals surface area contributed by atoms with Crippen LogP contribution >= 0.6 is 11.3 Å². The fourth-order valence-electron chi connectivity index (χ4n) is 2.90. The van der Waals surface area contributed by atoms with Crippen LogP contribution in [0.3, 0.4) is 0 Å². The molecule has 6 heteroatoms. The molecule has 0 aliphatic heterocycles. The SMILES string of the molecule is Cc1sc(NC(=O)c2ccn3cc(-c4ccccc4)nc3c2)c(C#N)c1C. The van der Waals surface area contributed by atoms with Crippen molar-refractivity contribution < 1.29 is 4.79 Å². The Bertz CT molecular complexity index is 1200. The maximum atomic E-state index is 12.7. The molecule has 0 atom stereocenters. The number of nitrogens with one attached hydrogen (secondary N) is 1. The summed E-state index contributed by atoms with van der Waals surface area (Å²) in [6.07, 6.45) is 3.76. The van der Waals surface area contributed by atoms with Gasteiger partial charge in [0.05, 0.1) is 11.3 Å². The smallest absolute Gasteiger partial charge is 0.256 e. The van der Waals surface area contributed by atoms with Crippen LogP contribution in [0, 0.1) is 25.2 Å². The van der Waals surface area contributed by atoms with Crippen molar-refractivity contribution in [1.29, 1.82) is 5.26 Å². The minimum Gasteiger partial charge on any atom is -0.312 e. The minimum absolute atomic E-state index is 0.250. The maximum absolute atomic E-state index is 12.7. The monoisotopic (exact) mass is 372 g/mol. The van der Waals surface area contributed by atoms with E-state index in [9.17, 15) is 10.1 Å². The fraction of sp³-hybridized carbons (Fsp3) is 0.0952. The topological polar surface area (TPSA) is 70.2 Å². The van der Waals surface area contributed by atoms with Crippen molar-refractivity contribution in [1.82, 2.24) is 9.38 Å². The number of aromatic nitrogens is 2. The lowest BCUT2D eigenvalue weighted by molar-refractivity contribution is 0.102. The molecule has 27 heavy (non-hydrogen) atoms. The number of benzene rings is 1. The Hall–Kier alpha value is -3.43. The zero-order chi connectivity index (χ0) is 19.0. The van der Waals surface area contributed by atoms with Crippen molar-refractivity contribution >= 4 is 27.9 Å². The molecule has 0 fully saturated rings. The summed E-state index contributed by atoms with van der Waals surface area (Å²) in [5.74, 6) is -0.250. The predicted octanol–water partition coefficient (Wildman–Crippen LogP) is 4.80. The molecule has 0 aliphatic rings. The number of carbonyl (C=O) groups is 1. The molecule has 0 saturated carbocycles. The molecule has 0 saturated heterocycles. The summed E-state index contributed by atoms with van der Waals surface area (Å²) < 4.78 is 1.89. The van der Waals surface area contributed by atoms with E-state index in [2.05, 4.69) is 16.4 Å². The number of hydrogen-bond acceptors (Lipinski definition) is 4. The van der Waals surface area contributed by atoms with E-state index in [1.807, 2.05) is 61.0 Å². The van der Waals surface area contributed by atoms with Crippen LogP contribution in [0.15, 0.2) is 54.9 Å². The first-order valence-electron chi connectivity index (χ1n) is 8.42. The maximum Gasteiger partial charge on any atom is 0.256 e. The quantitative estimate of drug-likeness (QED) is 0.561. The molecular formula is C21H16N4OS. The van der Waals surface area contributed by atoms with E-state index in [0.717, 1.165) is 21.7 Å². The molecule has 3 heterocycles. The molecule has 132 valence electrons. The van der Waals surface area contributed by atoms with Gasteiger partial charge in [-0.1, -0.05) is 30.3 Å². The molecular weight excluding hydrogens is 356 g/mol. The van der Waals surface area contributed by atoms with E-state index in [-0.39, 0.29) is 5.91 Å². The number of carbonyl (C=O) groups excluding carboxylic acids is 1. The van der Waals surface area contributed by atoms with Gasteiger partial charge >= 0.3 is 0 Å². The van der Waals surface area contributed by atoms with Gasteiger partial charge in [0, 0.05) is 28.4 Å². The Morgan fingerprint density at radius 3 is 2.74 bits per heavy atom. The van der Waals surface area contributed by atoms with Crippen LogP contribution in [0.2, 0.25) is 0 Å². The highest BCUT2D eigenvalue weighted by Gasteiger charge is 2.16. The first-order valence-corrected chi connectivity index (χ1v) is 9.24. The van der Waals surface area contributed by atoms with Gasteiger partial charge in [-0.15, -0.1) is 11.3 Å². The minimum atomic E-state index is -0.250. The number of rotatable bonds is 3. The Balaban J connectivity index is 1.65. The van der Waals surface area contributed by atoms with Crippen LogP contribution in [0.1, 0.15) is 26.4 Å². The average Bonchev–Trinajstić information content (AvgIpc) is 3.22. The van der Waals surface area contributed by atoms with E-state index in [4.69, 9.17) is 0 Å². The molecule has 4 rings (SSSR count). The van der Waals surface area contributed by atoms with Gasteiger partial charge in [0.25, 0.3) is 5.91 Å². The molecule has 0 unspecified atom stereocenters. The Morgan fingerprint density at radius 2 is 2.00 bits per heavy atom. The van der Waals surface area contributed by atoms with E-state index < -0.39 is 0 Å². The number of hydrogen-bond donors (Lipinski definition) is 1. The molecule has 0 aliphatic carbocycles. The number of thiophene rings is 1. The lowest BCUT2D eigenvalue weighted by Crippen LogP contribution is -2.12. The van der Waals surface area contributed by atoms with Gasteiger partial charge in [-0.05, 0) is 31.5 Å². The second-order valence-corrected chi connectivity index (χ2v) is 7.45. The summed E-state index contributed by atoms with van der Waals surface area (Å²) >= 11 is 1.42. The van der Waals surface area contributed by atoms with Crippen LogP contribution < -0.4 is 5.32 Å². The number of nitrogens with zero attached hydrogens (tertiary/aromatic N) is 3. The Morgan fingerprint density at radius 1 is 1.22 bits per heavy atom. The van der Waals surface area contributed by atoms with E-state index in [0.29, 0.717) is 21.8 Å². The van der Waals surface area contributed by atoms with Crippen LogP contribution in [-0.4, -0.2) is 15.3 Å². The van der Waals surface area contributed by atoms with Crippen molar-refractivity contribution in [3.63, 3.8) is 0 Å². The zero-order valence-electron chi connectivity index (χ0n) is 14.9. The summed E-state index contributed by atoms with van der Waals surface area (Å²) in [6.45, 7) is 3.83. The Kier molecular flexibility index (Phi) is 4.22. The first kappa shape index (κ1) is 17.0. The summed E-state index contributed by atoms with van der Waals surface area (Å²) in [7, 11) is 0. The second-order valence-electron chi connectivity index (χ2n) is 6.23. The molecule has 1 aromatic carbocycles. The number of nitriles is 1. The molecule has 0 spiro atoms. The van der Waals surface area contributed by atoms with E-state index >= 15 is 0 Å². The molecule has 5 nitrogen and oxygen atoms in total. The summed E-state index contributed by atoms with van der Waals surface area (Å²) in [5.41, 5.74) is 4.51. The third-order valence-corrected chi connectivity index (χ3v) is 5.64. The van der Waals surface area contributed by atoms with Gasteiger partial charge in [-0.2, -0.15) is 5.26 Å². The predicted molar refractivity (Wildman–Crippen MR) is 107 cm³/mol. The number of fused-ring (bicyclic) bond motifs is 1. The van der Waals surface area contributed by atoms with Crippen LogP contribution in [0.5, 0.6) is 0 Å². The first-order chi connectivity index (χ1) is 13.1. The van der Waals surface area contributed by atoms with Crippen LogP contribution in [0.4, 0.5) is 5.00 Å². The third kappa shape index (κ3) is 3.09. The summed E-state index contributed by atoms with van der Waals surface area (Å²) in [5, 5.41) is 12.8. The summed E-state index contributed by atoms with van der Waals surface area (Å²) in [4.78, 5) is 18.3. The van der Waals surface area contributed by atoms with E-state index in [1.165, 1.54) is 11.3 Å². The lowest BCUT2D eigenvalue weighted by Gasteiger charge is -2.04. The highest BCUT2D eigenvalue weighted by atomic mass is 32.1.